The Morgan fingerprint density at radius 1 is 1.40 bits per heavy atom. The van der Waals surface area contributed by atoms with Gasteiger partial charge in [0.1, 0.15) is 0 Å². The van der Waals surface area contributed by atoms with E-state index in [4.69, 9.17) is 0 Å². The lowest BCUT2D eigenvalue weighted by Crippen LogP contribution is -2.08. The highest BCUT2D eigenvalue weighted by Gasteiger charge is 2.11. The number of rotatable bonds is 3. The third kappa shape index (κ3) is 2.22. The van der Waals surface area contributed by atoms with E-state index in [1.807, 2.05) is 0 Å². The topological polar surface area (TPSA) is 73.6 Å². The summed E-state index contributed by atoms with van der Waals surface area (Å²) < 4.78 is 1.55. The maximum absolute atomic E-state index is 11.6. The van der Waals surface area contributed by atoms with Crippen molar-refractivity contribution in [2.45, 2.75) is 6.42 Å². The van der Waals surface area contributed by atoms with Crippen LogP contribution in [0.25, 0.3) is 0 Å². The molecule has 0 amide bonds. The van der Waals surface area contributed by atoms with Crippen LogP contribution in [-0.2, 0) is 13.5 Å². The zero-order valence-corrected chi connectivity index (χ0v) is 8.16. The van der Waals surface area contributed by atoms with Crippen molar-refractivity contribution in [2.75, 3.05) is 0 Å². The summed E-state index contributed by atoms with van der Waals surface area (Å²) in [5.74, 6) is 0.0549. The van der Waals surface area contributed by atoms with E-state index in [1.54, 1.807) is 24.0 Å². The van der Waals surface area contributed by atoms with Crippen LogP contribution < -0.4 is 0 Å². The molecule has 0 N–H and O–H groups in total. The SMILES string of the molecule is Cn1cc(CC(=O)c2ncccn2)nn1. The average molecular weight is 203 g/mol. The van der Waals surface area contributed by atoms with Crippen LogP contribution in [0.15, 0.2) is 24.7 Å². The zero-order chi connectivity index (χ0) is 10.7. The first-order valence-electron chi connectivity index (χ1n) is 4.41. The van der Waals surface area contributed by atoms with Gasteiger partial charge in [-0.25, -0.2) is 9.97 Å². The van der Waals surface area contributed by atoms with E-state index < -0.39 is 0 Å². The minimum atomic E-state index is -0.156. The highest BCUT2D eigenvalue weighted by molar-refractivity contribution is 5.93. The van der Waals surface area contributed by atoms with Crippen LogP contribution in [0.4, 0.5) is 0 Å². The number of carbonyl (C=O) groups is 1. The van der Waals surface area contributed by atoms with Crippen molar-refractivity contribution in [1.29, 1.82) is 0 Å². The second kappa shape index (κ2) is 3.95. The second-order valence-electron chi connectivity index (χ2n) is 3.06. The van der Waals surface area contributed by atoms with E-state index in [0.29, 0.717) is 5.69 Å². The molecule has 0 saturated carbocycles. The van der Waals surface area contributed by atoms with Gasteiger partial charge < -0.3 is 0 Å². The first-order valence-corrected chi connectivity index (χ1v) is 4.41. The first kappa shape index (κ1) is 9.45. The van der Waals surface area contributed by atoms with Crippen molar-refractivity contribution in [1.82, 2.24) is 25.0 Å². The highest BCUT2D eigenvalue weighted by Crippen LogP contribution is 1.99. The number of Topliss-reactive ketones (excluding diaryl/α,β-unsaturated/α-hetero) is 1. The molecule has 2 rings (SSSR count). The van der Waals surface area contributed by atoms with Gasteiger partial charge in [0.2, 0.25) is 5.78 Å². The molecule has 76 valence electrons. The van der Waals surface area contributed by atoms with Gasteiger partial charge in [0.15, 0.2) is 5.82 Å². The number of hydrogen-bond donors (Lipinski definition) is 0. The van der Waals surface area contributed by atoms with Gasteiger partial charge in [-0.2, -0.15) is 0 Å². The van der Waals surface area contributed by atoms with Crippen LogP contribution in [0.1, 0.15) is 16.3 Å². The monoisotopic (exact) mass is 203 g/mol. The number of nitrogens with zero attached hydrogens (tertiary/aromatic N) is 5. The molecule has 0 unspecified atom stereocenters. The fraction of sp³-hybridized carbons (Fsp3) is 0.222. The standard InChI is InChI=1S/C9H9N5O/c1-14-6-7(12-13-14)5-8(15)9-10-3-2-4-11-9/h2-4,6H,5H2,1H3. The largest absolute Gasteiger partial charge is 0.290 e. The van der Waals surface area contributed by atoms with Crippen molar-refractivity contribution in [3.8, 4) is 0 Å². The summed E-state index contributed by atoms with van der Waals surface area (Å²) in [7, 11) is 1.75. The van der Waals surface area contributed by atoms with Crippen molar-refractivity contribution in [3.63, 3.8) is 0 Å². The molecule has 2 aromatic heterocycles. The zero-order valence-electron chi connectivity index (χ0n) is 8.16. The fourth-order valence-corrected chi connectivity index (χ4v) is 1.16. The average Bonchev–Trinajstić information content (AvgIpc) is 2.65. The first-order chi connectivity index (χ1) is 7.25. The molecule has 0 aliphatic carbocycles. The Bertz CT molecular complexity index is 464. The quantitative estimate of drug-likeness (QED) is 0.658. The third-order valence-electron chi connectivity index (χ3n) is 1.81. The third-order valence-corrected chi connectivity index (χ3v) is 1.81. The molecule has 2 heterocycles. The predicted molar refractivity (Wildman–Crippen MR) is 51.1 cm³/mol. The molecule has 0 spiro atoms. The maximum atomic E-state index is 11.6. The molecule has 6 nitrogen and oxygen atoms in total. The van der Waals surface area contributed by atoms with Gasteiger partial charge in [-0.1, -0.05) is 5.21 Å². The molecule has 0 bridgehead atoms. The minimum absolute atomic E-state index is 0.156. The summed E-state index contributed by atoms with van der Waals surface area (Å²) in [6.07, 6.45) is 4.95. The Morgan fingerprint density at radius 3 is 2.73 bits per heavy atom. The van der Waals surface area contributed by atoms with E-state index >= 15 is 0 Å². The lowest BCUT2D eigenvalue weighted by atomic mass is 10.2. The van der Waals surface area contributed by atoms with Gasteiger partial charge >= 0.3 is 0 Å². The van der Waals surface area contributed by atoms with E-state index in [-0.39, 0.29) is 18.0 Å². The van der Waals surface area contributed by atoms with Crippen LogP contribution in [0.3, 0.4) is 0 Å². The molecule has 0 aliphatic heterocycles. The molecular formula is C9H9N5O. The summed E-state index contributed by atoms with van der Waals surface area (Å²) in [4.78, 5) is 19.4. The molecule has 0 aromatic carbocycles. The van der Waals surface area contributed by atoms with Gasteiger partial charge in [0, 0.05) is 25.6 Å². The van der Waals surface area contributed by atoms with E-state index in [1.165, 1.54) is 12.4 Å². The van der Waals surface area contributed by atoms with Gasteiger partial charge in [0.25, 0.3) is 0 Å². The van der Waals surface area contributed by atoms with E-state index in [2.05, 4.69) is 20.3 Å². The Morgan fingerprint density at radius 2 is 2.13 bits per heavy atom. The normalized spacial score (nSPS) is 10.2. The number of carbonyl (C=O) groups excluding carboxylic acids is 1. The smallest absolute Gasteiger partial charge is 0.206 e. The summed E-state index contributed by atoms with van der Waals surface area (Å²) >= 11 is 0. The fourth-order valence-electron chi connectivity index (χ4n) is 1.16. The summed E-state index contributed by atoms with van der Waals surface area (Å²) in [6, 6.07) is 1.67. The summed E-state index contributed by atoms with van der Waals surface area (Å²) in [5.41, 5.74) is 0.620. The Labute approximate surface area is 86.0 Å². The Kier molecular flexibility index (Phi) is 2.49. The minimum Gasteiger partial charge on any atom is -0.290 e. The van der Waals surface area contributed by atoms with Crippen molar-refractivity contribution in [2.24, 2.45) is 7.05 Å². The molecule has 0 aliphatic rings. The molecule has 0 atom stereocenters. The van der Waals surface area contributed by atoms with Crippen molar-refractivity contribution < 1.29 is 4.79 Å². The maximum Gasteiger partial charge on any atom is 0.206 e. The lowest BCUT2D eigenvalue weighted by Gasteiger charge is -1.94. The van der Waals surface area contributed by atoms with Crippen molar-refractivity contribution >= 4 is 5.78 Å². The molecule has 0 fully saturated rings. The Hall–Kier alpha value is -2.11. The van der Waals surface area contributed by atoms with Gasteiger partial charge in [-0.3, -0.25) is 9.48 Å². The van der Waals surface area contributed by atoms with Crippen LogP contribution >= 0.6 is 0 Å². The number of hydrogen-bond acceptors (Lipinski definition) is 5. The molecule has 0 radical (unpaired) electrons. The van der Waals surface area contributed by atoms with E-state index in [9.17, 15) is 4.79 Å². The number of aryl methyl sites for hydroxylation is 1. The van der Waals surface area contributed by atoms with Crippen molar-refractivity contribution in [3.05, 3.63) is 36.2 Å². The van der Waals surface area contributed by atoms with Crippen LogP contribution in [0, 0.1) is 0 Å². The number of aromatic nitrogens is 5. The van der Waals surface area contributed by atoms with Gasteiger partial charge in [0.05, 0.1) is 12.1 Å². The highest BCUT2D eigenvalue weighted by atomic mass is 16.1. The molecule has 2 aromatic rings. The number of ketones is 1. The molecule has 0 saturated heterocycles. The second-order valence-corrected chi connectivity index (χ2v) is 3.06. The molecule has 15 heavy (non-hydrogen) atoms. The van der Waals surface area contributed by atoms with Crippen LogP contribution in [0.2, 0.25) is 0 Å². The predicted octanol–water partition coefficient (Wildman–Crippen LogP) is 0.0305. The van der Waals surface area contributed by atoms with Gasteiger partial charge in [-0.05, 0) is 6.07 Å². The van der Waals surface area contributed by atoms with E-state index in [0.717, 1.165) is 0 Å². The molecular weight excluding hydrogens is 194 g/mol. The summed E-state index contributed by atoms with van der Waals surface area (Å²) in [6.45, 7) is 0. The van der Waals surface area contributed by atoms with Gasteiger partial charge in [-0.15, -0.1) is 5.10 Å². The summed E-state index contributed by atoms with van der Waals surface area (Å²) in [5, 5.41) is 7.55. The Balaban J connectivity index is 2.11. The molecule has 6 heteroatoms. The lowest BCUT2D eigenvalue weighted by molar-refractivity contribution is 0.0982. The van der Waals surface area contributed by atoms with Crippen LogP contribution in [0.5, 0.6) is 0 Å². The van der Waals surface area contributed by atoms with Crippen LogP contribution in [-0.4, -0.2) is 30.7 Å².